The van der Waals surface area contributed by atoms with Crippen molar-refractivity contribution < 1.29 is 9.90 Å². The molecule has 1 aliphatic rings. The second-order valence-corrected chi connectivity index (χ2v) is 5.31. The molecule has 1 atom stereocenters. The maximum atomic E-state index is 11.2. The van der Waals surface area contributed by atoms with Crippen molar-refractivity contribution >= 4 is 5.91 Å². The zero-order valence-corrected chi connectivity index (χ0v) is 11.3. The van der Waals surface area contributed by atoms with E-state index in [0.717, 1.165) is 32.4 Å². The Morgan fingerprint density at radius 2 is 2.00 bits per heavy atom. The quantitative estimate of drug-likeness (QED) is 0.756. The van der Waals surface area contributed by atoms with Gasteiger partial charge in [-0.3, -0.25) is 4.79 Å². The minimum Gasteiger partial charge on any atom is -0.396 e. The first-order valence-electron chi connectivity index (χ1n) is 6.67. The highest BCUT2D eigenvalue weighted by atomic mass is 16.3. The molecule has 0 bridgehead atoms. The number of nitrogens with zero attached hydrogens (tertiary/aromatic N) is 1. The third kappa shape index (κ3) is 4.64. The van der Waals surface area contributed by atoms with Gasteiger partial charge < -0.3 is 15.3 Å². The van der Waals surface area contributed by atoms with E-state index in [0.29, 0.717) is 18.0 Å². The standard InChI is InChI=1S/C13H26N2O2/c1-10(2)13(6-9-16)14-12-4-7-15(8-5-12)11(3)17/h10,12-14,16H,4-9H2,1-3H3. The molecule has 1 aliphatic heterocycles. The molecule has 17 heavy (non-hydrogen) atoms. The van der Waals surface area contributed by atoms with Crippen LogP contribution in [0, 0.1) is 5.92 Å². The average molecular weight is 242 g/mol. The smallest absolute Gasteiger partial charge is 0.219 e. The van der Waals surface area contributed by atoms with Gasteiger partial charge in [-0.1, -0.05) is 13.8 Å². The van der Waals surface area contributed by atoms with E-state index in [2.05, 4.69) is 19.2 Å². The van der Waals surface area contributed by atoms with Gasteiger partial charge in [-0.15, -0.1) is 0 Å². The van der Waals surface area contributed by atoms with Gasteiger partial charge in [-0.05, 0) is 25.2 Å². The topological polar surface area (TPSA) is 52.6 Å². The van der Waals surface area contributed by atoms with E-state index in [1.165, 1.54) is 0 Å². The van der Waals surface area contributed by atoms with Crippen LogP contribution in [0.15, 0.2) is 0 Å². The van der Waals surface area contributed by atoms with Crippen molar-refractivity contribution in [3.63, 3.8) is 0 Å². The van der Waals surface area contributed by atoms with Crippen LogP contribution in [0.2, 0.25) is 0 Å². The van der Waals surface area contributed by atoms with Crippen molar-refractivity contribution in [2.75, 3.05) is 19.7 Å². The van der Waals surface area contributed by atoms with E-state index in [4.69, 9.17) is 5.11 Å². The lowest BCUT2D eigenvalue weighted by molar-refractivity contribution is -0.129. The molecule has 1 saturated heterocycles. The number of aliphatic hydroxyl groups is 1. The van der Waals surface area contributed by atoms with E-state index in [1.54, 1.807) is 6.92 Å². The van der Waals surface area contributed by atoms with Gasteiger partial charge in [0, 0.05) is 38.7 Å². The molecule has 0 spiro atoms. The Morgan fingerprint density at radius 3 is 2.41 bits per heavy atom. The Morgan fingerprint density at radius 1 is 1.41 bits per heavy atom. The maximum absolute atomic E-state index is 11.2. The second kappa shape index (κ2) is 6.97. The molecule has 0 aromatic heterocycles. The van der Waals surface area contributed by atoms with Gasteiger partial charge in [0.1, 0.15) is 0 Å². The summed E-state index contributed by atoms with van der Waals surface area (Å²) < 4.78 is 0. The molecule has 0 aromatic rings. The second-order valence-electron chi connectivity index (χ2n) is 5.31. The van der Waals surface area contributed by atoms with Gasteiger partial charge in [0.15, 0.2) is 0 Å². The highest BCUT2D eigenvalue weighted by molar-refractivity contribution is 5.73. The average Bonchev–Trinajstić information content (AvgIpc) is 2.29. The predicted molar refractivity (Wildman–Crippen MR) is 68.7 cm³/mol. The molecular weight excluding hydrogens is 216 g/mol. The first kappa shape index (κ1) is 14.5. The molecule has 1 heterocycles. The van der Waals surface area contributed by atoms with Crippen molar-refractivity contribution in [1.29, 1.82) is 0 Å². The van der Waals surface area contributed by atoms with Gasteiger partial charge in [0.25, 0.3) is 0 Å². The Labute approximate surface area is 104 Å². The molecule has 4 nitrogen and oxygen atoms in total. The summed E-state index contributed by atoms with van der Waals surface area (Å²) in [6.07, 6.45) is 2.85. The first-order valence-corrected chi connectivity index (χ1v) is 6.67. The summed E-state index contributed by atoms with van der Waals surface area (Å²) >= 11 is 0. The van der Waals surface area contributed by atoms with E-state index in [1.807, 2.05) is 4.90 Å². The SMILES string of the molecule is CC(=O)N1CCC(NC(CCO)C(C)C)CC1. The van der Waals surface area contributed by atoms with Crippen LogP contribution in [0.25, 0.3) is 0 Å². The van der Waals surface area contributed by atoms with Gasteiger partial charge in [-0.25, -0.2) is 0 Å². The lowest BCUT2D eigenvalue weighted by Crippen LogP contribution is -2.48. The van der Waals surface area contributed by atoms with Crippen molar-refractivity contribution in [3.8, 4) is 0 Å². The lowest BCUT2D eigenvalue weighted by Gasteiger charge is -2.35. The number of carbonyl (C=O) groups is 1. The summed E-state index contributed by atoms with van der Waals surface area (Å²) in [5, 5.41) is 12.7. The van der Waals surface area contributed by atoms with E-state index >= 15 is 0 Å². The molecule has 1 unspecified atom stereocenters. The summed E-state index contributed by atoms with van der Waals surface area (Å²) in [4.78, 5) is 13.1. The van der Waals surface area contributed by atoms with E-state index in [-0.39, 0.29) is 12.5 Å². The molecule has 0 saturated carbocycles. The van der Waals surface area contributed by atoms with E-state index in [9.17, 15) is 4.79 Å². The van der Waals surface area contributed by atoms with Crippen molar-refractivity contribution in [2.45, 2.75) is 52.1 Å². The fourth-order valence-electron chi connectivity index (χ4n) is 2.41. The van der Waals surface area contributed by atoms with Crippen molar-refractivity contribution in [3.05, 3.63) is 0 Å². The molecule has 0 aliphatic carbocycles. The van der Waals surface area contributed by atoms with Crippen LogP contribution < -0.4 is 5.32 Å². The molecular formula is C13H26N2O2. The molecule has 1 rings (SSSR count). The molecule has 4 heteroatoms. The Bertz CT molecular complexity index is 236. The molecule has 0 radical (unpaired) electrons. The number of piperidine rings is 1. The molecule has 100 valence electrons. The number of aliphatic hydroxyl groups excluding tert-OH is 1. The van der Waals surface area contributed by atoms with Crippen LogP contribution in [0.4, 0.5) is 0 Å². The van der Waals surface area contributed by atoms with Crippen LogP contribution in [-0.2, 0) is 4.79 Å². The van der Waals surface area contributed by atoms with Crippen LogP contribution in [0.3, 0.4) is 0 Å². The predicted octanol–water partition coefficient (Wildman–Crippen LogP) is 0.994. The normalized spacial score (nSPS) is 19.7. The van der Waals surface area contributed by atoms with Crippen molar-refractivity contribution in [1.82, 2.24) is 10.2 Å². The lowest BCUT2D eigenvalue weighted by atomic mass is 9.97. The largest absolute Gasteiger partial charge is 0.396 e. The van der Waals surface area contributed by atoms with Gasteiger partial charge in [-0.2, -0.15) is 0 Å². The maximum Gasteiger partial charge on any atom is 0.219 e. The van der Waals surface area contributed by atoms with Crippen LogP contribution in [0.5, 0.6) is 0 Å². The van der Waals surface area contributed by atoms with Crippen LogP contribution in [-0.4, -0.2) is 47.7 Å². The monoisotopic (exact) mass is 242 g/mol. The van der Waals surface area contributed by atoms with Gasteiger partial charge >= 0.3 is 0 Å². The fourth-order valence-corrected chi connectivity index (χ4v) is 2.41. The van der Waals surface area contributed by atoms with Crippen LogP contribution >= 0.6 is 0 Å². The zero-order chi connectivity index (χ0) is 12.8. The summed E-state index contributed by atoms with van der Waals surface area (Å²) in [5.74, 6) is 0.715. The summed E-state index contributed by atoms with van der Waals surface area (Å²) in [6.45, 7) is 7.95. The van der Waals surface area contributed by atoms with Gasteiger partial charge in [0.2, 0.25) is 5.91 Å². The number of nitrogens with one attached hydrogen (secondary N) is 1. The number of likely N-dealkylation sites (tertiary alicyclic amines) is 1. The zero-order valence-electron chi connectivity index (χ0n) is 11.3. The minimum atomic E-state index is 0.180. The Hall–Kier alpha value is -0.610. The van der Waals surface area contributed by atoms with E-state index < -0.39 is 0 Å². The van der Waals surface area contributed by atoms with Crippen LogP contribution in [0.1, 0.15) is 40.0 Å². The minimum absolute atomic E-state index is 0.180. The Balaban J connectivity index is 2.35. The molecule has 1 fully saturated rings. The summed E-state index contributed by atoms with van der Waals surface area (Å²) in [5.41, 5.74) is 0. The molecule has 0 aromatic carbocycles. The number of hydrogen-bond donors (Lipinski definition) is 2. The number of hydrogen-bond acceptors (Lipinski definition) is 3. The molecule has 2 N–H and O–H groups in total. The fraction of sp³-hybridized carbons (Fsp3) is 0.923. The van der Waals surface area contributed by atoms with Crippen molar-refractivity contribution in [2.24, 2.45) is 5.92 Å². The summed E-state index contributed by atoms with van der Waals surface area (Å²) in [6, 6.07) is 0.874. The summed E-state index contributed by atoms with van der Waals surface area (Å²) in [7, 11) is 0. The first-order chi connectivity index (χ1) is 8.04. The third-order valence-electron chi connectivity index (χ3n) is 3.63. The van der Waals surface area contributed by atoms with Gasteiger partial charge in [0.05, 0.1) is 0 Å². The number of carbonyl (C=O) groups excluding carboxylic acids is 1. The third-order valence-corrected chi connectivity index (χ3v) is 3.63. The highest BCUT2D eigenvalue weighted by Crippen LogP contribution is 2.14. The molecule has 1 amide bonds. The Kier molecular flexibility index (Phi) is 5.92. The number of amides is 1. The highest BCUT2D eigenvalue weighted by Gasteiger charge is 2.23. The number of rotatable bonds is 5.